The Morgan fingerprint density at radius 1 is 1.00 bits per heavy atom. The second-order valence-electron chi connectivity index (χ2n) is 7.21. The maximum atomic E-state index is 12.3. The van der Waals surface area contributed by atoms with Crippen LogP contribution in [0.4, 0.5) is 16.2 Å². The van der Waals surface area contributed by atoms with Crippen LogP contribution in [0.15, 0.2) is 48.5 Å². The Morgan fingerprint density at radius 3 is 2.32 bits per heavy atom. The Hall–Kier alpha value is -3.35. The maximum absolute atomic E-state index is 12.3. The summed E-state index contributed by atoms with van der Waals surface area (Å²) in [7, 11) is 0. The topological polar surface area (TPSA) is 108 Å². The number of rotatable bonds is 7. The van der Waals surface area contributed by atoms with E-state index in [9.17, 15) is 14.4 Å². The average Bonchev–Trinajstić information content (AvgIpc) is 2.63. The van der Waals surface area contributed by atoms with E-state index < -0.39 is 17.5 Å². The Kier molecular flexibility index (Phi) is 6.76. The Bertz CT molecular complexity index is 863. The molecule has 0 aliphatic rings. The zero-order valence-electron chi connectivity index (χ0n) is 16.2. The van der Waals surface area contributed by atoms with Crippen LogP contribution in [0.2, 0.25) is 0 Å². The molecule has 0 radical (unpaired) electrons. The third kappa shape index (κ3) is 6.42. The zero-order chi connectivity index (χ0) is 20.7. The van der Waals surface area contributed by atoms with Crippen molar-refractivity contribution in [2.24, 2.45) is 0 Å². The molecule has 0 aromatic heterocycles. The van der Waals surface area contributed by atoms with Crippen LogP contribution in [0.5, 0.6) is 0 Å². The second-order valence-corrected chi connectivity index (χ2v) is 7.21. The fraction of sp³-hybridized carbons (Fsp3) is 0.286. The van der Waals surface area contributed by atoms with Crippen molar-refractivity contribution in [3.8, 4) is 0 Å². The van der Waals surface area contributed by atoms with Gasteiger partial charge < -0.3 is 21.1 Å². The molecule has 0 unspecified atom stereocenters. The van der Waals surface area contributed by atoms with Crippen molar-refractivity contribution in [3.63, 3.8) is 0 Å². The van der Waals surface area contributed by atoms with Gasteiger partial charge in [0.1, 0.15) is 0 Å². The van der Waals surface area contributed by atoms with E-state index >= 15 is 0 Å². The van der Waals surface area contributed by atoms with Crippen molar-refractivity contribution < 1.29 is 19.5 Å². The van der Waals surface area contributed by atoms with Gasteiger partial charge in [-0.3, -0.25) is 9.59 Å². The summed E-state index contributed by atoms with van der Waals surface area (Å²) in [5.74, 6) is -1.15. The molecule has 0 atom stereocenters. The van der Waals surface area contributed by atoms with Crippen molar-refractivity contribution >= 4 is 29.3 Å². The van der Waals surface area contributed by atoms with Crippen molar-refractivity contribution in [1.29, 1.82) is 0 Å². The third-order valence-corrected chi connectivity index (χ3v) is 4.20. The van der Waals surface area contributed by atoms with Crippen LogP contribution in [0.3, 0.4) is 0 Å². The number of carboxylic acids is 1. The number of aryl methyl sites for hydroxylation is 1. The standard InChI is InChI=1S/C21H25N3O4/c1-14-9-10-16(22-19(27)15-7-5-4-6-8-15)13-17(14)23-20(28)24-21(2,3)12-11-18(25)26/h4-10,13H,11-12H2,1-3H3,(H,22,27)(H,25,26)(H2,23,24,28). The summed E-state index contributed by atoms with van der Waals surface area (Å²) in [4.78, 5) is 35.3. The molecule has 0 fully saturated rings. The number of amides is 3. The molecule has 0 spiro atoms. The number of benzene rings is 2. The van der Waals surface area contributed by atoms with Crippen LogP contribution in [-0.4, -0.2) is 28.6 Å². The van der Waals surface area contributed by atoms with E-state index in [0.29, 0.717) is 23.4 Å². The van der Waals surface area contributed by atoms with E-state index in [1.54, 1.807) is 56.3 Å². The molecular formula is C21H25N3O4. The van der Waals surface area contributed by atoms with Crippen LogP contribution < -0.4 is 16.0 Å². The first-order chi connectivity index (χ1) is 13.2. The minimum atomic E-state index is -0.909. The lowest BCUT2D eigenvalue weighted by atomic mass is 9.99. The molecule has 28 heavy (non-hydrogen) atoms. The zero-order valence-corrected chi connectivity index (χ0v) is 16.2. The highest BCUT2D eigenvalue weighted by molar-refractivity contribution is 6.04. The van der Waals surface area contributed by atoms with Crippen molar-refractivity contribution in [2.45, 2.75) is 39.2 Å². The highest BCUT2D eigenvalue weighted by atomic mass is 16.4. The van der Waals surface area contributed by atoms with Gasteiger partial charge in [0.15, 0.2) is 0 Å². The second kappa shape index (κ2) is 9.03. The smallest absolute Gasteiger partial charge is 0.319 e. The molecule has 2 aromatic rings. The SMILES string of the molecule is Cc1ccc(NC(=O)c2ccccc2)cc1NC(=O)NC(C)(C)CCC(=O)O. The lowest BCUT2D eigenvalue weighted by Gasteiger charge is -2.26. The first-order valence-corrected chi connectivity index (χ1v) is 8.94. The number of urea groups is 1. The van der Waals surface area contributed by atoms with Crippen LogP contribution in [0, 0.1) is 6.92 Å². The highest BCUT2D eigenvalue weighted by Crippen LogP contribution is 2.21. The largest absolute Gasteiger partial charge is 0.481 e. The van der Waals surface area contributed by atoms with Crippen molar-refractivity contribution in [2.75, 3.05) is 10.6 Å². The quantitative estimate of drug-likeness (QED) is 0.579. The van der Waals surface area contributed by atoms with E-state index in [1.807, 2.05) is 13.0 Å². The molecule has 2 aromatic carbocycles. The lowest BCUT2D eigenvalue weighted by molar-refractivity contribution is -0.137. The molecule has 2 rings (SSSR count). The third-order valence-electron chi connectivity index (χ3n) is 4.20. The van der Waals surface area contributed by atoms with E-state index in [-0.39, 0.29) is 12.3 Å². The predicted molar refractivity (Wildman–Crippen MR) is 109 cm³/mol. The van der Waals surface area contributed by atoms with E-state index in [4.69, 9.17) is 5.11 Å². The molecule has 0 aliphatic carbocycles. The molecule has 4 N–H and O–H groups in total. The maximum Gasteiger partial charge on any atom is 0.319 e. The summed E-state index contributed by atoms with van der Waals surface area (Å²) in [6.45, 7) is 5.37. The average molecular weight is 383 g/mol. The Labute approximate surface area is 164 Å². The summed E-state index contributed by atoms with van der Waals surface area (Å²) in [5.41, 5.74) is 1.80. The van der Waals surface area contributed by atoms with Crippen molar-refractivity contribution in [1.82, 2.24) is 5.32 Å². The number of aliphatic carboxylic acids is 1. The number of carbonyl (C=O) groups is 3. The normalized spacial score (nSPS) is 10.8. The first-order valence-electron chi connectivity index (χ1n) is 8.94. The number of hydrogen-bond acceptors (Lipinski definition) is 3. The number of anilines is 2. The minimum Gasteiger partial charge on any atom is -0.481 e. The molecule has 7 heteroatoms. The van der Waals surface area contributed by atoms with E-state index in [0.717, 1.165) is 5.56 Å². The molecule has 148 valence electrons. The fourth-order valence-corrected chi connectivity index (χ4v) is 2.57. The molecule has 0 saturated heterocycles. The van der Waals surface area contributed by atoms with Crippen molar-refractivity contribution in [3.05, 3.63) is 59.7 Å². The Balaban J connectivity index is 2.03. The molecule has 3 amide bonds. The van der Waals surface area contributed by atoms with Gasteiger partial charge in [0.25, 0.3) is 5.91 Å². The number of hydrogen-bond donors (Lipinski definition) is 4. The predicted octanol–water partition coefficient (Wildman–Crippen LogP) is 4.01. The van der Waals surface area contributed by atoms with Gasteiger partial charge in [-0.25, -0.2) is 4.79 Å². The molecule has 0 bridgehead atoms. The number of carboxylic acid groups (broad SMARTS) is 1. The molecule has 0 aliphatic heterocycles. The van der Waals surface area contributed by atoms with Gasteiger partial charge in [0.2, 0.25) is 0 Å². The minimum absolute atomic E-state index is 0.0344. The van der Waals surface area contributed by atoms with E-state index in [1.165, 1.54) is 0 Å². The molecule has 0 heterocycles. The van der Waals surface area contributed by atoms with Crippen LogP contribution >= 0.6 is 0 Å². The lowest BCUT2D eigenvalue weighted by Crippen LogP contribution is -2.45. The first kappa shape index (κ1) is 21.0. The van der Waals surface area contributed by atoms with Gasteiger partial charge in [-0.2, -0.15) is 0 Å². The van der Waals surface area contributed by atoms with Crippen LogP contribution in [-0.2, 0) is 4.79 Å². The summed E-state index contributed by atoms with van der Waals surface area (Å²) in [5, 5.41) is 17.1. The summed E-state index contributed by atoms with van der Waals surface area (Å²) >= 11 is 0. The summed E-state index contributed by atoms with van der Waals surface area (Å²) in [6.07, 6.45) is 0.273. The molecular weight excluding hydrogens is 358 g/mol. The number of nitrogens with one attached hydrogen (secondary N) is 3. The van der Waals surface area contributed by atoms with Gasteiger partial charge in [0, 0.05) is 28.9 Å². The molecule has 0 saturated carbocycles. The van der Waals surface area contributed by atoms with Crippen LogP contribution in [0.1, 0.15) is 42.6 Å². The Morgan fingerprint density at radius 2 is 1.68 bits per heavy atom. The summed E-state index contributed by atoms with van der Waals surface area (Å²) in [6, 6.07) is 13.6. The molecule has 7 nitrogen and oxygen atoms in total. The monoisotopic (exact) mass is 383 g/mol. The number of carbonyl (C=O) groups excluding carboxylic acids is 2. The summed E-state index contributed by atoms with van der Waals surface area (Å²) < 4.78 is 0. The van der Waals surface area contributed by atoms with Gasteiger partial charge in [-0.1, -0.05) is 24.3 Å². The van der Waals surface area contributed by atoms with Gasteiger partial charge in [-0.05, 0) is 57.0 Å². The van der Waals surface area contributed by atoms with Crippen LogP contribution in [0.25, 0.3) is 0 Å². The fourth-order valence-electron chi connectivity index (χ4n) is 2.57. The van der Waals surface area contributed by atoms with E-state index in [2.05, 4.69) is 16.0 Å². The van der Waals surface area contributed by atoms with Gasteiger partial charge in [-0.15, -0.1) is 0 Å². The van der Waals surface area contributed by atoms with Gasteiger partial charge >= 0.3 is 12.0 Å². The highest BCUT2D eigenvalue weighted by Gasteiger charge is 2.22. The van der Waals surface area contributed by atoms with Gasteiger partial charge in [0.05, 0.1) is 0 Å².